The van der Waals surface area contributed by atoms with Crippen LogP contribution in [0.1, 0.15) is 80.1 Å². The Kier molecular flexibility index (Phi) is 4.36. The van der Waals surface area contributed by atoms with Gasteiger partial charge in [0.05, 0.1) is 0 Å². The molecule has 1 spiro atoms. The van der Waals surface area contributed by atoms with E-state index in [4.69, 9.17) is 0 Å². The SMILES string of the molecule is CC(C)(C)C1CC2(CCN(C3C[C@H]4CN(C(C)(C)C)C[C@@H]4C3)CC2)C1. The molecule has 4 aliphatic rings. The third-order valence-electron chi connectivity index (χ3n) is 8.63. The van der Waals surface area contributed by atoms with Crippen molar-refractivity contribution in [1.82, 2.24) is 9.80 Å². The molecule has 2 heteroatoms. The maximum atomic E-state index is 2.90. The monoisotopic (exact) mass is 346 g/mol. The lowest BCUT2D eigenvalue weighted by Gasteiger charge is -2.57. The zero-order valence-electron chi connectivity index (χ0n) is 17.8. The van der Waals surface area contributed by atoms with Gasteiger partial charge in [-0.1, -0.05) is 20.8 Å². The van der Waals surface area contributed by atoms with E-state index in [0.29, 0.717) is 11.0 Å². The first-order valence-electron chi connectivity index (χ1n) is 11.0. The molecule has 2 heterocycles. The van der Waals surface area contributed by atoms with Crippen molar-refractivity contribution in [3.63, 3.8) is 0 Å². The molecule has 0 aromatic heterocycles. The van der Waals surface area contributed by atoms with E-state index in [0.717, 1.165) is 29.2 Å². The fourth-order valence-electron chi connectivity index (χ4n) is 6.48. The summed E-state index contributed by atoms with van der Waals surface area (Å²) < 4.78 is 0. The van der Waals surface area contributed by atoms with Crippen molar-refractivity contribution in [2.45, 2.75) is 91.6 Å². The maximum absolute atomic E-state index is 2.90. The van der Waals surface area contributed by atoms with Crippen LogP contribution >= 0.6 is 0 Å². The van der Waals surface area contributed by atoms with Crippen LogP contribution in [-0.2, 0) is 0 Å². The first kappa shape index (κ1) is 18.3. The number of likely N-dealkylation sites (tertiary alicyclic amines) is 2. The Balaban J connectivity index is 1.26. The molecule has 2 aliphatic carbocycles. The summed E-state index contributed by atoms with van der Waals surface area (Å²) in [5.41, 5.74) is 1.64. The van der Waals surface area contributed by atoms with Crippen LogP contribution in [0, 0.1) is 28.6 Å². The zero-order valence-corrected chi connectivity index (χ0v) is 17.8. The molecule has 2 saturated carbocycles. The van der Waals surface area contributed by atoms with Crippen molar-refractivity contribution in [2.75, 3.05) is 26.2 Å². The van der Waals surface area contributed by atoms with Gasteiger partial charge in [-0.2, -0.15) is 0 Å². The van der Waals surface area contributed by atoms with Gasteiger partial charge in [-0.15, -0.1) is 0 Å². The normalized spacial score (nSPS) is 35.3. The van der Waals surface area contributed by atoms with Crippen LogP contribution in [0.2, 0.25) is 0 Å². The summed E-state index contributed by atoms with van der Waals surface area (Å²) >= 11 is 0. The Bertz CT molecular complexity index is 467. The van der Waals surface area contributed by atoms with Gasteiger partial charge in [0.25, 0.3) is 0 Å². The van der Waals surface area contributed by atoms with E-state index in [9.17, 15) is 0 Å². The molecule has 0 aromatic carbocycles. The minimum Gasteiger partial charge on any atom is -0.300 e. The molecule has 0 bridgehead atoms. The molecule has 0 amide bonds. The van der Waals surface area contributed by atoms with E-state index < -0.39 is 0 Å². The lowest BCUT2D eigenvalue weighted by molar-refractivity contribution is -0.0631. The van der Waals surface area contributed by atoms with E-state index in [-0.39, 0.29) is 0 Å². The summed E-state index contributed by atoms with van der Waals surface area (Å²) in [5, 5.41) is 0. The average Bonchev–Trinajstić information content (AvgIpc) is 3.01. The van der Waals surface area contributed by atoms with Gasteiger partial charge in [0, 0.05) is 24.7 Å². The maximum Gasteiger partial charge on any atom is 0.0125 e. The Morgan fingerprint density at radius 3 is 1.76 bits per heavy atom. The molecule has 25 heavy (non-hydrogen) atoms. The molecule has 4 fully saturated rings. The molecule has 2 aliphatic heterocycles. The molecule has 2 saturated heterocycles. The molecular formula is C23H42N2. The highest BCUT2D eigenvalue weighted by Gasteiger charge is 2.51. The predicted molar refractivity (Wildman–Crippen MR) is 107 cm³/mol. The fourth-order valence-corrected chi connectivity index (χ4v) is 6.48. The van der Waals surface area contributed by atoms with E-state index in [1.807, 2.05) is 0 Å². The Labute approximate surface area is 156 Å². The highest BCUT2D eigenvalue weighted by Crippen LogP contribution is 2.58. The smallest absolute Gasteiger partial charge is 0.0125 e. The summed E-state index contributed by atoms with van der Waals surface area (Å²) in [4.78, 5) is 5.64. The van der Waals surface area contributed by atoms with Crippen LogP contribution in [0.4, 0.5) is 0 Å². The number of hydrogen-bond acceptors (Lipinski definition) is 2. The van der Waals surface area contributed by atoms with E-state index >= 15 is 0 Å². The Morgan fingerprint density at radius 1 is 0.800 bits per heavy atom. The van der Waals surface area contributed by atoms with Gasteiger partial charge in [0.2, 0.25) is 0 Å². The largest absolute Gasteiger partial charge is 0.300 e. The van der Waals surface area contributed by atoms with Crippen molar-refractivity contribution in [3.05, 3.63) is 0 Å². The van der Waals surface area contributed by atoms with E-state index in [2.05, 4.69) is 51.3 Å². The standard InChI is InChI=1S/C23H42N2/c1-21(2,3)19-13-23(14-19)7-9-24(10-8-23)20-11-17-15-25(22(4,5)6)16-18(17)12-20/h17-20H,7-16H2,1-6H3/t17-,18-/m0/s1. The topological polar surface area (TPSA) is 6.48 Å². The Hall–Kier alpha value is -0.0800. The zero-order chi connectivity index (χ0) is 18.0. The number of nitrogens with zero attached hydrogens (tertiary/aromatic N) is 2. The molecule has 144 valence electrons. The molecule has 0 N–H and O–H groups in total. The summed E-state index contributed by atoms with van der Waals surface area (Å²) in [6, 6.07) is 0.910. The Morgan fingerprint density at radius 2 is 1.32 bits per heavy atom. The van der Waals surface area contributed by atoms with Crippen LogP contribution in [0.3, 0.4) is 0 Å². The van der Waals surface area contributed by atoms with E-state index in [1.165, 1.54) is 64.7 Å². The van der Waals surface area contributed by atoms with Crippen molar-refractivity contribution < 1.29 is 0 Å². The number of rotatable bonds is 1. The van der Waals surface area contributed by atoms with Crippen molar-refractivity contribution in [2.24, 2.45) is 28.6 Å². The number of fused-ring (bicyclic) bond motifs is 1. The van der Waals surface area contributed by atoms with Crippen LogP contribution in [-0.4, -0.2) is 47.6 Å². The molecule has 2 atom stereocenters. The van der Waals surface area contributed by atoms with Gasteiger partial charge in [0.1, 0.15) is 0 Å². The molecule has 2 nitrogen and oxygen atoms in total. The second-order valence-electron chi connectivity index (χ2n) is 12.2. The third kappa shape index (κ3) is 3.43. The summed E-state index contributed by atoms with van der Waals surface area (Å²) in [6.07, 6.45) is 8.96. The lowest BCUT2D eigenvalue weighted by Crippen LogP contribution is -2.52. The van der Waals surface area contributed by atoms with Crippen molar-refractivity contribution in [3.8, 4) is 0 Å². The minimum atomic E-state index is 0.366. The van der Waals surface area contributed by atoms with Gasteiger partial charge in [0.15, 0.2) is 0 Å². The second kappa shape index (κ2) is 5.96. The molecule has 4 rings (SSSR count). The van der Waals surface area contributed by atoms with Crippen molar-refractivity contribution in [1.29, 1.82) is 0 Å². The van der Waals surface area contributed by atoms with Crippen LogP contribution in [0.25, 0.3) is 0 Å². The molecule has 0 aromatic rings. The van der Waals surface area contributed by atoms with Crippen molar-refractivity contribution >= 4 is 0 Å². The van der Waals surface area contributed by atoms with Crippen LogP contribution < -0.4 is 0 Å². The summed E-state index contributed by atoms with van der Waals surface area (Å²) in [5.74, 6) is 2.94. The van der Waals surface area contributed by atoms with Crippen LogP contribution in [0.15, 0.2) is 0 Å². The quantitative estimate of drug-likeness (QED) is 0.657. The lowest BCUT2D eigenvalue weighted by atomic mass is 9.51. The number of piperidine rings is 1. The molecule has 0 unspecified atom stereocenters. The van der Waals surface area contributed by atoms with Gasteiger partial charge in [-0.25, -0.2) is 0 Å². The highest BCUT2D eigenvalue weighted by molar-refractivity contribution is 5.03. The third-order valence-corrected chi connectivity index (χ3v) is 8.63. The van der Waals surface area contributed by atoms with Gasteiger partial charge in [-0.3, -0.25) is 4.90 Å². The van der Waals surface area contributed by atoms with Gasteiger partial charge < -0.3 is 4.90 Å². The van der Waals surface area contributed by atoms with E-state index in [1.54, 1.807) is 0 Å². The fraction of sp³-hybridized carbons (Fsp3) is 1.00. The minimum absolute atomic E-state index is 0.366. The second-order valence-corrected chi connectivity index (χ2v) is 12.2. The average molecular weight is 347 g/mol. The first-order valence-corrected chi connectivity index (χ1v) is 11.0. The van der Waals surface area contributed by atoms with Gasteiger partial charge >= 0.3 is 0 Å². The predicted octanol–water partition coefficient (Wildman–Crippen LogP) is 5.03. The van der Waals surface area contributed by atoms with Crippen LogP contribution in [0.5, 0.6) is 0 Å². The molecular weight excluding hydrogens is 304 g/mol. The number of hydrogen-bond donors (Lipinski definition) is 0. The summed E-state index contributed by atoms with van der Waals surface area (Å²) in [7, 11) is 0. The first-order chi connectivity index (χ1) is 11.6. The molecule has 0 radical (unpaired) electrons. The van der Waals surface area contributed by atoms with Gasteiger partial charge in [-0.05, 0) is 101 Å². The summed E-state index contributed by atoms with van der Waals surface area (Å²) in [6.45, 7) is 20.0. The highest BCUT2D eigenvalue weighted by atomic mass is 15.2.